The Balaban J connectivity index is 1.36. The summed E-state index contributed by atoms with van der Waals surface area (Å²) in [4.78, 5) is 2.64. The van der Waals surface area contributed by atoms with Gasteiger partial charge in [-0.1, -0.05) is 146 Å². The Morgan fingerprint density at radius 1 is 0.442 bits per heavy atom. The summed E-state index contributed by atoms with van der Waals surface area (Å²) < 4.78 is 0. The molecule has 0 spiro atoms. The fourth-order valence-corrected chi connectivity index (χ4v) is 8.21. The average molecular weight is 563 g/mol. The molecule has 43 heavy (non-hydrogen) atoms. The molecule has 0 bridgehead atoms. The first-order valence-corrected chi connectivity index (χ1v) is 15.5. The predicted molar refractivity (Wildman–Crippen MR) is 187 cm³/mol. The van der Waals surface area contributed by atoms with E-state index in [0.717, 1.165) is 5.56 Å². The van der Waals surface area contributed by atoms with E-state index < -0.39 is 0 Å². The third-order valence-electron chi connectivity index (χ3n) is 9.02. The maximum absolute atomic E-state index is 4.17. The molecule has 8 aromatic rings. The molecule has 200 valence electrons. The fraction of sp³-hybridized carbons (Fsp3) is 0. The van der Waals surface area contributed by atoms with Crippen LogP contribution in [-0.2, 0) is 0 Å². The van der Waals surface area contributed by atoms with Crippen molar-refractivity contribution in [1.29, 1.82) is 0 Å². The van der Waals surface area contributed by atoms with Crippen LogP contribution in [0.3, 0.4) is 0 Å². The van der Waals surface area contributed by atoms with Crippen molar-refractivity contribution >= 4 is 60.9 Å². The molecule has 0 unspecified atom stereocenters. The van der Waals surface area contributed by atoms with Crippen molar-refractivity contribution in [3.63, 3.8) is 0 Å². The van der Waals surface area contributed by atoms with E-state index in [9.17, 15) is 0 Å². The molecule has 1 aliphatic rings. The standard InChI is InChI=1S/C42H26S/c1-2-26-17-21-33(35-22-18-27-9-3-5-13-31(27)40(26)35)36-23-19-28-10-4-6-14-32(28)41(36)30-20-24-38-37(25-30)34-15-7-11-29-12-8-16-39(43-38)42(29)34/h2-25H,1H2. The van der Waals surface area contributed by atoms with Gasteiger partial charge in [-0.3, -0.25) is 0 Å². The summed E-state index contributed by atoms with van der Waals surface area (Å²) in [5.74, 6) is 0. The van der Waals surface area contributed by atoms with Gasteiger partial charge in [-0.05, 0) is 94.8 Å². The first-order valence-electron chi connectivity index (χ1n) is 14.7. The highest BCUT2D eigenvalue weighted by Gasteiger charge is 2.22. The normalized spacial score (nSPS) is 12.2. The zero-order valence-electron chi connectivity index (χ0n) is 23.5. The van der Waals surface area contributed by atoms with Gasteiger partial charge in [0.05, 0.1) is 0 Å². The molecule has 1 heteroatoms. The van der Waals surface area contributed by atoms with Crippen LogP contribution in [0.1, 0.15) is 5.56 Å². The lowest BCUT2D eigenvalue weighted by molar-refractivity contribution is 1.40. The molecule has 0 fully saturated rings. The molecule has 0 aliphatic carbocycles. The molecule has 1 aliphatic heterocycles. The molecule has 0 atom stereocenters. The fourth-order valence-electron chi connectivity index (χ4n) is 7.08. The highest BCUT2D eigenvalue weighted by atomic mass is 32.2. The monoisotopic (exact) mass is 562 g/mol. The van der Waals surface area contributed by atoms with Crippen LogP contribution in [0.5, 0.6) is 0 Å². The Morgan fingerprint density at radius 2 is 1.16 bits per heavy atom. The molecule has 0 aromatic heterocycles. The van der Waals surface area contributed by atoms with E-state index in [2.05, 4.69) is 146 Å². The predicted octanol–water partition coefficient (Wildman–Crippen LogP) is 12.4. The maximum Gasteiger partial charge on any atom is 0.0207 e. The molecule has 0 nitrogen and oxygen atoms in total. The molecule has 8 aromatic carbocycles. The summed E-state index contributed by atoms with van der Waals surface area (Å²) in [6, 6.07) is 51.5. The van der Waals surface area contributed by atoms with E-state index in [4.69, 9.17) is 0 Å². The van der Waals surface area contributed by atoms with E-state index in [1.54, 1.807) is 0 Å². The van der Waals surface area contributed by atoms with Crippen molar-refractivity contribution < 1.29 is 0 Å². The third-order valence-corrected chi connectivity index (χ3v) is 10.2. The van der Waals surface area contributed by atoms with Gasteiger partial charge in [-0.2, -0.15) is 0 Å². The van der Waals surface area contributed by atoms with Gasteiger partial charge < -0.3 is 0 Å². The van der Waals surface area contributed by atoms with Crippen molar-refractivity contribution in [2.75, 3.05) is 0 Å². The van der Waals surface area contributed by atoms with Crippen LogP contribution < -0.4 is 0 Å². The lowest BCUT2D eigenvalue weighted by atomic mass is 9.85. The molecule has 0 N–H and O–H groups in total. The minimum atomic E-state index is 1.16. The third kappa shape index (κ3) is 3.65. The van der Waals surface area contributed by atoms with Gasteiger partial charge in [0, 0.05) is 15.2 Å². The number of hydrogen-bond acceptors (Lipinski definition) is 1. The molecule has 9 rings (SSSR count). The zero-order valence-corrected chi connectivity index (χ0v) is 24.3. The summed E-state index contributed by atoms with van der Waals surface area (Å²) in [5.41, 5.74) is 8.79. The minimum Gasteiger partial charge on any atom is -0.0984 e. The molecule has 0 saturated heterocycles. The molecular formula is C42H26S. The highest BCUT2D eigenvalue weighted by Crippen LogP contribution is 2.50. The minimum absolute atomic E-state index is 1.16. The number of fused-ring (bicyclic) bond motifs is 6. The van der Waals surface area contributed by atoms with E-state index in [1.165, 1.54) is 86.3 Å². The van der Waals surface area contributed by atoms with Crippen molar-refractivity contribution in [3.05, 3.63) is 152 Å². The zero-order chi connectivity index (χ0) is 28.5. The Morgan fingerprint density at radius 3 is 2.02 bits per heavy atom. The summed E-state index contributed by atoms with van der Waals surface area (Å²) in [5, 5.41) is 10.2. The lowest BCUT2D eigenvalue weighted by Crippen LogP contribution is -1.95. The van der Waals surface area contributed by atoms with Crippen molar-refractivity contribution in [2.24, 2.45) is 0 Å². The van der Waals surface area contributed by atoms with E-state index in [-0.39, 0.29) is 0 Å². The quantitative estimate of drug-likeness (QED) is 0.193. The van der Waals surface area contributed by atoms with Crippen LogP contribution in [-0.4, -0.2) is 0 Å². The van der Waals surface area contributed by atoms with Gasteiger partial charge in [-0.25, -0.2) is 0 Å². The SMILES string of the molecule is C=Cc1ccc(-c2ccc3ccccc3c2-c2ccc3c(c2)-c2cccc4cccc(c24)S3)c2ccc3ccccc3c12. The van der Waals surface area contributed by atoms with Crippen molar-refractivity contribution in [2.45, 2.75) is 9.79 Å². The molecule has 0 saturated carbocycles. The Hall–Kier alpha value is -5.11. The Bertz CT molecular complexity index is 2440. The first kappa shape index (κ1) is 24.5. The van der Waals surface area contributed by atoms with Gasteiger partial charge in [0.15, 0.2) is 0 Å². The van der Waals surface area contributed by atoms with Crippen LogP contribution in [0.2, 0.25) is 0 Å². The number of benzene rings is 8. The Kier molecular flexibility index (Phi) is 5.38. The van der Waals surface area contributed by atoms with Crippen LogP contribution >= 0.6 is 11.8 Å². The van der Waals surface area contributed by atoms with Gasteiger partial charge >= 0.3 is 0 Å². The summed E-state index contributed by atoms with van der Waals surface area (Å²) in [7, 11) is 0. The maximum atomic E-state index is 4.17. The van der Waals surface area contributed by atoms with Crippen LogP contribution in [0.15, 0.2) is 156 Å². The topological polar surface area (TPSA) is 0 Å². The summed E-state index contributed by atoms with van der Waals surface area (Å²) in [6.07, 6.45) is 1.99. The number of rotatable bonds is 3. The van der Waals surface area contributed by atoms with E-state index >= 15 is 0 Å². The first-order chi connectivity index (χ1) is 21.3. The van der Waals surface area contributed by atoms with Crippen LogP contribution in [0, 0.1) is 0 Å². The highest BCUT2D eigenvalue weighted by molar-refractivity contribution is 7.99. The van der Waals surface area contributed by atoms with Gasteiger partial charge in [0.2, 0.25) is 0 Å². The lowest BCUT2D eigenvalue weighted by Gasteiger charge is -2.22. The Labute approximate surface area is 254 Å². The second-order valence-corrected chi connectivity index (χ2v) is 12.4. The van der Waals surface area contributed by atoms with E-state index in [0.29, 0.717) is 0 Å². The largest absolute Gasteiger partial charge is 0.0984 e. The number of hydrogen-bond donors (Lipinski definition) is 0. The average Bonchev–Trinajstić information content (AvgIpc) is 3.07. The van der Waals surface area contributed by atoms with Gasteiger partial charge in [0.1, 0.15) is 0 Å². The van der Waals surface area contributed by atoms with Crippen LogP contribution in [0.4, 0.5) is 0 Å². The summed E-state index contributed by atoms with van der Waals surface area (Å²) in [6.45, 7) is 4.17. The molecular weight excluding hydrogens is 537 g/mol. The van der Waals surface area contributed by atoms with Crippen LogP contribution in [0.25, 0.3) is 82.5 Å². The van der Waals surface area contributed by atoms with E-state index in [1.807, 2.05) is 17.8 Å². The van der Waals surface area contributed by atoms with Gasteiger partial charge in [0.25, 0.3) is 0 Å². The second kappa shape index (κ2) is 9.46. The molecule has 0 amide bonds. The molecule has 0 radical (unpaired) electrons. The van der Waals surface area contributed by atoms with Crippen molar-refractivity contribution in [3.8, 4) is 33.4 Å². The summed E-state index contributed by atoms with van der Waals surface area (Å²) >= 11 is 1.88. The van der Waals surface area contributed by atoms with Gasteiger partial charge in [-0.15, -0.1) is 0 Å². The smallest absolute Gasteiger partial charge is 0.0207 e. The second-order valence-electron chi connectivity index (χ2n) is 11.3. The van der Waals surface area contributed by atoms with Crippen molar-refractivity contribution in [1.82, 2.24) is 0 Å². The molecule has 1 heterocycles.